The predicted octanol–water partition coefficient (Wildman–Crippen LogP) is 3.11. The van der Waals surface area contributed by atoms with Gasteiger partial charge in [0.25, 0.3) is 5.91 Å². The minimum Gasteiger partial charge on any atom is -0.352 e. The van der Waals surface area contributed by atoms with E-state index in [1.165, 1.54) is 0 Å². The van der Waals surface area contributed by atoms with Crippen LogP contribution in [0.5, 0.6) is 0 Å². The summed E-state index contributed by atoms with van der Waals surface area (Å²) < 4.78 is 1.89. The van der Waals surface area contributed by atoms with Crippen LogP contribution >= 0.6 is 0 Å². The first-order valence-corrected chi connectivity index (χ1v) is 9.36. The van der Waals surface area contributed by atoms with Gasteiger partial charge in [-0.1, -0.05) is 18.2 Å². The Hall–Kier alpha value is -2.73. The van der Waals surface area contributed by atoms with Crippen molar-refractivity contribution in [3.8, 4) is 11.3 Å². The summed E-state index contributed by atoms with van der Waals surface area (Å²) in [4.78, 5) is 19.7. The molecule has 0 aliphatic rings. The van der Waals surface area contributed by atoms with E-state index in [1.54, 1.807) is 0 Å². The zero-order valence-electron chi connectivity index (χ0n) is 16.5. The van der Waals surface area contributed by atoms with Gasteiger partial charge in [-0.2, -0.15) is 5.10 Å². The van der Waals surface area contributed by atoms with Crippen LogP contribution in [-0.4, -0.2) is 52.8 Å². The summed E-state index contributed by atoms with van der Waals surface area (Å²) in [6, 6.07) is 9.66. The number of benzene rings is 1. The minimum atomic E-state index is -0.0610. The molecule has 0 aliphatic carbocycles. The lowest BCUT2D eigenvalue weighted by atomic mass is 10.0. The Bertz CT molecular complexity index is 945. The molecule has 3 aromatic rings. The summed E-state index contributed by atoms with van der Waals surface area (Å²) in [5, 5.41) is 8.42. The zero-order valence-corrected chi connectivity index (χ0v) is 16.5. The van der Waals surface area contributed by atoms with Crippen LogP contribution in [0.15, 0.2) is 36.5 Å². The molecule has 0 spiro atoms. The number of aryl methyl sites for hydroxylation is 2. The Morgan fingerprint density at radius 1 is 1.26 bits per heavy atom. The SMILES string of the molecule is CCn1cc(-c2cc(C(=O)NCCCN(C)C)c3ccccc3n2)c(C)n1. The van der Waals surface area contributed by atoms with Crippen molar-refractivity contribution in [2.75, 3.05) is 27.2 Å². The standard InChI is InChI=1S/C21H27N5O/c1-5-26-14-18(15(2)24-26)20-13-17(16-9-6-7-10-19(16)23-20)21(27)22-11-8-12-25(3)4/h6-7,9-10,13-14H,5,8,11-12H2,1-4H3,(H,22,27). The van der Waals surface area contributed by atoms with Gasteiger partial charge >= 0.3 is 0 Å². The van der Waals surface area contributed by atoms with E-state index < -0.39 is 0 Å². The Labute approximate surface area is 160 Å². The second-order valence-electron chi connectivity index (χ2n) is 6.97. The van der Waals surface area contributed by atoms with Gasteiger partial charge in [0.2, 0.25) is 0 Å². The normalized spacial score (nSPS) is 11.3. The summed E-state index contributed by atoms with van der Waals surface area (Å²) in [7, 11) is 4.06. The molecule has 1 aromatic carbocycles. The first-order valence-electron chi connectivity index (χ1n) is 9.36. The van der Waals surface area contributed by atoms with Crippen molar-refractivity contribution in [2.24, 2.45) is 0 Å². The van der Waals surface area contributed by atoms with E-state index in [4.69, 9.17) is 4.98 Å². The highest BCUT2D eigenvalue weighted by atomic mass is 16.1. The van der Waals surface area contributed by atoms with Gasteiger partial charge in [0.15, 0.2) is 0 Å². The van der Waals surface area contributed by atoms with Crippen molar-refractivity contribution in [2.45, 2.75) is 26.8 Å². The maximum absolute atomic E-state index is 12.9. The summed E-state index contributed by atoms with van der Waals surface area (Å²) >= 11 is 0. The van der Waals surface area contributed by atoms with Gasteiger partial charge in [-0.05, 0) is 53.0 Å². The largest absolute Gasteiger partial charge is 0.352 e. The number of fused-ring (bicyclic) bond motifs is 1. The average Bonchev–Trinajstić information content (AvgIpc) is 3.05. The molecule has 3 rings (SSSR count). The molecule has 0 fully saturated rings. The van der Waals surface area contributed by atoms with E-state index in [0.717, 1.165) is 47.4 Å². The molecule has 1 N–H and O–H groups in total. The quantitative estimate of drug-likeness (QED) is 0.654. The van der Waals surface area contributed by atoms with Crippen molar-refractivity contribution in [1.82, 2.24) is 25.0 Å². The predicted molar refractivity (Wildman–Crippen MR) is 109 cm³/mol. The molecular formula is C21H27N5O. The summed E-state index contributed by atoms with van der Waals surface area (Å²) in [5.74, 6) is -0.0610. The smallest absolute Gasteiger partial charge is 0.252 e. The molecule has 0 aliphatic heterocycles. The van der Waals surface area contributed by atoms with Crippen LogP contribution < -0.4 is 5.32 Å². The maximum atomic E-state index is 12.9. The van der Waals surface area contributed by atoms with E-state index in [1.807, 2.05) is 62.2 Å². The number of rotatable bonds is 7. The summed E-state index contributed by atoms with van der Waals surface area (Å²) in [5.41, 5.74) is 4.13. The van der Waals surface area contributed by atoms with Gasteiger partial charge in [0.1, 0.15) is 0 Å². The van der Waals surface area contributed by atoms with Crippen molar-refractivity contribution in [3.05, 3.63) is 47.8 Å². The molecule has 6 nitrogen and oxygen atoms in total. The van der Waals surface area contributed by atoms with Gasteiger partial charge in [-0.3, -0.25) is 9.48 Å². The highest BCUT2D eigenvalue weighted by Crippen LogP contribution is 2.26. The topological polar surface area (TPSA) is 63.1 Å². The molecule has 142 valence electrons. The molecule has 0 atom stereocenters. The molecule has 6 heteroatoms. The number of nitrogens with zero attached hydrogens (tertiary/aromatic N) is 4. The number of carbonyl (C=O) groups is 1. The van der Waals surface area contributed by atoms with Gasteiger partial charge in [-0.25, -0.2) is 4.98 Å². The Kier molecular flexibility index (Phi) is 5.86. The molecule has 0 saturated heterocycles. The van der Waals surface area contributed by atoms with E-state index >= 15 is 0 Å². The number of hydrogen-bond acceptors (Lipinski definition) is 4. The second-order valence-corrected chi connectivity index (χ2v) is 6.97. The number of amides is 1. The van der Waals surface area contributed by atoms with Crippen LogP contribution in [0.3, 0.4) is 0 Å². The number of hydrogen-bond donors (Lipinski definition) is 1. The van der Waals surface area contributed by atoms with Crippen molar-refractivity contribution in [3.63, 3.8) is 0 Å². The minimum absolute atomic E-state index is 0.0610. The lowest BCUT2D eigenvalue weighted by Gasteiger charge is -2.12. The van der Waals surface area contributed by atoms with Crippen LogP contribution in [0.25, 0.3) is 22.2 Å². The van der Waals surface area contributed by atoms with Gasteiger partial charge in [0.05, 0.1) is 22.5 Å². The van der Waals surface area contributed by atoms with Gasteiger partial charge in [-0.15, -0.1) is 0 Å². The van der Waals surface area contributed by atoms with Crippen molar-refractivity contribution >= 4 is 16.8 Å². The van der Waals surface area contributed by atoms with Crippen molar-refractivity contribution in [1.29, 1.82) is 0 Å². The monoisotopic (exact) mass is 365 g/mol. The Balaban J connectivity index is 1.96. The van der Waals surface area contributed by atoms with Gasteiger partial charge < -0.3 is 10.2 Å². The number of carbonyl (C=O) groups excluding carboxylic acids is 1. The molecule has 0 radical (unpaired) electrons. The average molecular weight is 365 g/mol. The third kappa shape index (κ3) is 4.34. The maximum Gasteiger partial charge on any atom is 0.252 e. The fourth-order valence-electron chi connectivity index (χ4n) is 3.12. The van der Waals surface area contributed by atoms with Crippen LogP contribution in [-0.2, 0) is 6.54 Å². The van der Waals surface area contributed by atoms with Crippen LogP contribution in [0.2, 0.25) is 0 Å². The van der Waals surface area contributed by atoms with Gasteiger partial charge in [0, 0.05) is 30.2 Å². The van der Waals surface area contributed by atoms with Crippen LogP contribution in [0.4, 0.5) is 0 Å². The van der Waals surface area contributed by atoms with E-state index in [0.29, 0.717) is 12.1 Å². The molecule has 27 heavy (non-hydrogen) atoms. The summed E-state index contributed by atoms with van der Waals surface area (Å²) in [6.45, 7) is 6.41. The molecule has 0 bridgehead atoms. The lowest BCUT2D eigenvalue weighted by Crippen LogP contribution is -2.27. The first kappa shape index (κ1) is 19.0. The number of aromatic nitrogens is 3. The highest BCUT2D eigenvalue weighted by molar-refractivity contribution is 6.07. The molecular weight excluding hydrogens is 338 g/mol. The van der Waals surface area contributed by atoms with E-state index in [-0.39, 0.29) is 5.91 Å². The Morgan fingerprint density at radius 3 is 2.74 bits per heavy atom. The van der Waals surface area contributed by atoms with Crippen LogP contribution in [0.1, 0.15) is 29.4 Å². The second kappa shape index (κ2) is 8.31. The van der Waals surface area contributed by atoms with Crippen LogP contribution in [0, 0.1) is 6.92 Å². The number of nitrogens with one attached hydrogen (secondary N) is 1. The number of para-hydroxylation sites is 1. The summed E-state index contributed by atoms with van der Waals surface area (Å²) in [6.07, 6.45) is 2.90. The molecule has 2 heterocycles. The lowest BCUT2D eigenvalue weighted by molar-refractivity contribution is 0.0954. The fraction of sp³-hybridized carbons (Fsp3) is 0.381. The highest BCUT2D eigenvalue weighted by Gasteiger charge is 2.16. The molecule has 1 amide bonds. The van der Waals surface area contributed by atoms with E-state index in [9.17, 15) is 4.79 Å². The number of pyridine rings is 1. The third-order valence-electron chi connectivity index (χ3n) is 4.57. The molecule has 0 saturated carbocycles. The van der Waals surface area contributed by atoms with E-state index in [2.05, 4.69) is 22.2 Å². The fourth-order valence-corrected chi connectivity index (χ4v) is 3.12. The molecule has 0 unspecified atom stereocenters. The Morgan fingerprint density at radius 2 is 2.04 bits per heavy atom. The third-order valence-corrected chi connectivity index (χ3v) is 4.57. The first-order chi connectivity index (χ1) is 13.0. The zero-order chi connectivity index (χ0) is 19.4. The van der Waals surface area contributed by atoms with Crippen molar-refractivity contribution < 1.29 is 4.79 Å². The molecule has 2 aromatic heterocycles.